The lowest BCUT2D eigenvalue weighted by Crippen LogP contribution is -2.48. The normalized spacial score (nSPS) is 15.7. The standard InChI is InChI=1S/C16H25N5O4/c1-2-24-16(23)21-9-5-12(6-10-21)20-15(17)19-8-7-18-14(22)13-4-3-11-25-13/h3-4,11-12H,2,5-10H2,1H3,(H,18,22)(H3,17,19,20). The number of amides is 2. The summed E-state index contributed by atoms with van der Waals surface area (Å²) >= 11 is 0. The zero-order valence-corrected chi connectivity index (χ0v) is 14.4. The predicted octanol–water partition coefficient (Wildman–Crippen LogP) is 0.535. The fourth-order valence-corrected chi connectivity index (χ4v) is 2.52. The second-order valence-corrected chi connectivity index (χ2v) is 5.60. The molecule has 0 saturated carbocycles. The molecule has 0 bridgehead atoms. The molecular weight excluding hydrogens is 326 g/mol. The van der Waals surface area contributed by atoms with Gasteiger partial charge >= 0.3 is 6.09 Å². The topological polar surface area (TPSA) is 122 Å². The molecule has 0 spiro atoms. The lowest BCUT2D eigenvalue weighted by Gasteiger charge is -2.31. The number of nitrogens with zero attached hydrogens (tertiary/aromatic N) is 2. The molecule has 1 fully saturated rings. The molecular formula is C16H25N5O4. The Balaban J connectivity index is 1.63. The molecule has 1 aromatic rings. The fourth-order valence-electron chi connectivity index (χ4n) is 2.52. The quantitative estimate of drug-likeness (QED) is 0.390. The van der Waals surface area contributed by atoms with Crippen LogP contribution in [0.2, 0.25) is 0 Å². The average Bonchev–Trinajstić information content (AvgIpc) is 3.14. The number of likely N-dealkylation sites (tertiary alicyclic amines) is 1. The highest BCUT2D eigenvalue weighted by Crippen LogP contribution is 2.11. The van der Waals surface area contributed by atoms with E-state index in [0.717, 1.165) is 12.8 Å². The summed E-state index contributed by atoms with van der Waals surface area (Å²) in [6.45, 7) is 4.16. The van der Waals surface area contributed by atoms with E-state index in [0.29, 0.717) is 38.7 Å². The van der Waals surface area contributed by atoms with Gasteiger partial charge < -0.3 is 30.4 Å². The van der Waals surface area contributed by atoms with Crippen LogP contribution in [0.4, 0.5) is 4.79 Å². The second-order valence-electron chi connectivity index (χ2n) is 5.60. The van der Waals surface area contributed by atoms with Gasteiger partial charge in [0.2, 0.25) is 0 Å². The minimum atomic E-state index is -0.280. The summed E-state index contributed by atoms with van der Waals surface area (Å²) in [7, 11) is 0. The number of ether oxygens (including phenoxy) is 1. The van der Waals surface area contributed by atoms with Crippen molar-refractivity contribution in [3.63, 3.8) is 0 Å². The molecule has 1 aliphatic heterocycles. The Bertz CT molecular complexity index is 579. The lowest BCUT2D eigenvalue weighted by molar-refractivity contribution is 0.0925. The molecule has 1 saturated heterocycles. The maximum Gasteiger partial charge on any atom is 0.409 e. The van der Waals surface area contributed by atoms with Gasteiger partial charge in [0.1, 0.15) is 0 Å². The third-order valence-electron chi connectivity index (χ3n) is 3.80. The molecule has 9 heteroatoms. The molecule has 0 aliphatic carbocycles. The van der Waals surface area contributed by atoms with Gasteiger partial charge in [0, 0.05) is 25.7 Å². The van der Waals surface area contributed by atoms with Gasteiger partial charge in [-0.1, -0.05) is 0 Å². The van der Waals surface area contributed by atoms with E-state index < -0.39 is 0 Å². The zero-order chi connectivity index (χ0) is 18.1. The molecule has 9 nitrogen and oxygen atoms in total. The highest BCUT2D eigenvalue weighted by Gasteiger charge is 2.23. The van der Waals surface area contributed by atoms with Crippen LogP contribution in [0, 0.1) is 0 Å². The van der Waals surface area contributed by atoms with E-state index in [4.69, 9.17) is 14.9 Å². The molecule has 0 radical (unpaired) electrons. The van der Waals surface area contributed by atoms with Gasteiger partial charge in [0.25, 0.3) is 5.91 Å². The van der Waals surface area contributed by atoms with Gasteiger partial charge in [-0.3, -0.25) is 9.79 Å². The number of furan rings is 1. The van der Waals surface area contributed by atoms with Crippen LogP contribution in [-0.4, -0.2) is 61.7 Å². The van der Waals surface area contributed by atoms with Gasteiger partial charge in [0.15, 0.2) is 11.7 Å². The number of hydrogen-bond donors (Lipinski definition) is 3. The zero-order valence-electron chi connectivity index (χ0n) is 14.4. The summed E-state index contributed by atoms with van der Waals surface area (Å²) in [6, 6.07) is 3.42. The van der Waals surface area contributed by atoms with Crippen LogP contribution in [0.1, 0.15) is 30.3 Å². The van der Waals surface area contributed by atoms with E-state index >= 15 is 0 Å². The van der Waals surface area contributed by atoms with Crippen LogP contribution >= 0.6 is 0 Å². The van der Waals surface area contributed by atoms with Gasteiger partial charge in [-0.25, -0.2) is 4.79 Å². The highest BCUT2D eigenvalue weighted by atomic mass is 16.6. The number of aliphatic imine (C=N–C) groups is 1. The van der Waals surface area contributed by atoms with Crippen LogP contribution in [0.25, 0.3) is 0 Å². The van der Waals surface area contributed by atoms with Crippen molar-refractivity contribution in [2.75, 3.05) is 32.8 Å². The molecule has 4 N–H and O–H groups in total. The van der Waals surface area contributed by atoms with E-state index in [1.807, 2.05) is 0 Å². The summed E-state index contributed by atoms with van der Waals surface area (Å²) in [5.74, 6) is 0.323. The second kappa shape index (κ2) is 9.55. The van der Waals surface area contributed by atoms with Crippen molar-refractivity contribution in [3.8, 4) is 0 Å². The van der Waals surface area contributed by atoms with Crippen molar-refractivity contribution in [1.82, 2.24) is 15.5 Å². The SMILES string of the molecule is CCOC(=O)N1CCC(NC(N)=NCCNC(=O)c2ccco2)CC1. The van der Waals surface area contributed by atoms with Gasteiger partial charge in [0.05, 0.1) is 19.4 Å². The van der Waals surface area contributed by atoms with Gasteiger partial charge in [-0.05, 0) is 31.9 Å². The summed E-state index contributed by atoms with van der Waals surface area (Å²) in [5.41, 5.74) is 5.86. The molecule has 0 unspecified atom stereocenters. The minimum absolute atomic E-state index is 0.173. The molecule has 2 amide bonds. The van der Waals surface area contributed by atoms with E-state index in [1.165, 1.54) is 6.26 Å². The highest BCUT2D eigenvalue weighted by molar-refractivity contribution is 5.91. The number of carbonyl (C=O) groups is 2. The van der Waals surface area contributed by atoms with E-state index in [-0.39, 0.29) is 23.8 Å². The lowest BCUT2D eigenvalue weighted by atomic mass is 10.1. The molecule has 25 heavy (non-hydrogen) atoms. The van der Waals surface area contributed by atoms with Crippen LogP contribution in [0.5, 0.6) is 0 Å². The van der Waals surface area contributed by atoms with Crippen molar-refractivity contribution in [3.05, 3.63) is 24.2 Å². The Morgan fingerprint density at radius 3 is 2.84 bits per heavy atom. The Morgan fingerprint density at radius 2 is 2.20 bits per heavy atom. The fraction of sp³-hybridized carbons (Fsp3) is 0.562. The number of carbonyl (C=O) groups excluding carboxylic acids is 2. The van der Waals surface area contributed by atoms with Crippen molar-refractivity contribution in [2.45, 2.75) is 25.8 Å². The smallest absolute Gasteiger partial charge is 0.409 e. The Morgan fingerprint density at radius 1 is 1.44 bits per heavy atom. The van der Waals surface area contributed by atoms with Crippen LogP contribution < -0.4 is 16.4 Å². The third kappa shape index (κ3) is 6.02. The van der Waals surface area contributed by atoms with Crippen LogP contribution in [0.3, 0.4) is 0 Å². The molecule has 1 aromatic heterocycles. The Labute approximate surface area is 146 Å². The van der Waals surface area contributed by atoms with Crippen molar-refractivity contribution in [1.29, 1.82) is 0 Å². The molecule has 2 heterocycles. The number of piperidine rings is 1. The Hall–Kier alpha value is -2.71. The first kappa shape index (κ1) is 18.6. The molecule has 0 atom stereocenters. The maximum atomic E-state index is 11.7. The van der Waals surface area contributed by atoms with E-state index in [2.05, 4.69) is 15.6 Å². The summed E-state index contributed by atoms with van der Waals surface area (Å²) in [6.07, 6.45) is 2.74. The largest absolute Gasteiger partial charge is 0.459 e. The number of nitrogens with one attached hydrogen (secondary N) is 2. The maximum absolute atomic E-state index is 11.7. The molecule has 0 aromatic carbocycles. The summed E-state index contributed by atoms with van der Waals surface area (Å²) in [4.78, 5) is 29.2. The summed E-state index contributed by atoms with van der Waals surface area (Å²) in [5, 5.41) is 5.84. The molecule has 138 valence electrons. The monoisotopic (exact) mass is 351 g/mol. The van der Waals surface area contributed by atoms with Gasteiger partial charge in [-0.15, -0.1) is 0 Å². The Kier molecular flexibility index (Phi) is 7.12. The van der Waals surface area contributed by atoms with Crippen molar-refractivity contribution in [2.24, 2.45) is 10.7 Å². The van der Waals surface area contributed by atoms with Crippen molar-refractivity contribution < 1.29 is 18.7 Å². The predicted molar refractivity (Wildman–Crippen MR) is 92.3 cm³/mol. The number of rotatable bonds is 6. The first-order chi connectivity index (χ1) is 12.1. The third-order valence-corrected chi connectivity index (χ3v) is 3.80. The van der Waals surface area contributed by atoms with E-state index in [9.17, 15) is 9.59 Å². The number of nitrogens with two attached hydrogens (primary N) is 1. The van der Waals surface area contributed by atoms with Crippen LogP contribution in [-0.2, 0) is 4.74 Å². The molecule has 2 rings (SSSR count). The minimum Gasteiger partial charge on any atom is -0.459 e. The average molecular weight is 351 g/mol. The van der Waals surface area contributed by atoms with Gasteiger partial charge in [-0.2, -0.15) is 0 Å². The van der Waals surface area contributed by atoms with Crippen LogP contribution in [0.15, 0.2) is 27.8 Å². The molecule has 1 aliphatic rings. The van der Waals surface area contributed by atoms with E-state index in [1.54, 1.807) is 24.0 Å². The first-order valence-corrected chi connectivity index (χ1v) is 8.40. The number of hydrogen-bond acceptors (Lipinski definition) is 5. The first-order valence-electron chi connectivity index (χ1n) is 8.40. The number of guanidine groups is 1. The summed E-state index contributed by atoms with van der Waals surface area (Å²) < 4.78 is 9.98. The van der Waals surface area contributed by atoms with Crippen molar-refractivity contribution >= 4 is 18.0 Å².